The number of hydrogen-bond acceptors (Lipinski definition) is 11. The van der Waals surface area contributed by atoms with Crippen molar-refractivity contribution in [3.05, 3.63) is 154 Å². The van der Waals surface area contributed by atoms with Crippen LogP contribution in [0.15, 0.2) is 126 Å². The quantitative estimate of drug-likeness (QED) is 0.0982. The number of carbonyl (C=O) groups is 1. The molecule has 13 nitrogen and oxygen atoms in total. The van der Waals surface area contributed by atoms with Crippen molar-refractivity contribution in [2.24, 2.45) is 5.41 Å². The van der Waals surface area contributed by atoms with Crippen LogP contribution in [0.25, 0.3) is 21.9 Å². The van der Waals surface area contributed by atoms with E-state index in [0.29, 0.717) is 50.9 Å². The Morgan fingerprint density at radius 1 is 0.908 bits per heavy atom. The molecule has 15 heteroatoms. The first-order chi connectivity index (χ1) is 31.4. The van der Waals surface area contributed by atoms with E-state index in [1.165, 1.54) is 11.2 Å². The molecule has 65 heavy (non-hydrogen) atoms. The number of methoxy groups -OCH3 is 2. The standard InChI is InChI=1S/C50H49BrClN5O8/c1-49(2)64-43-41(56-21-20-38-45(52)53-30-54-46(38)56)24-50(44(43)65-49,29-62-27-33-12-18-37(61-4)19-13-33)25-42(58)35-15-14-34-22-39(51)47(55-40(34)23-35)57(26-31-10-16-36(60-3)17-11-31)48(59)63-28-32-8-6-5-7-9-32/h5-23,30,41-44,58H,24-29H2,1-4H3/t41-,42-,43+,44+,50-/m1/s1. The molecule has 1 saturated heterocycles. The lowest BCUT2D eigenvalue weighted by atomic mass is 9.77. The van der Waals surface area contributed by atoms with E-state index in [1.54, 1.807) is 14.2 Å². The zero-order valence-corrected chi connectivity index (χ0v) is 38.7. The van der Waals surface area contributed by atoms with Crippen molar-refractivity contribution >= 4 is 61.4 Å². The van der Waals surface area contributed by atoms with Crippen LogP contribution in [0.2, 0.25) is 5.15 Å². The molecular formula is C50H49BrClN5O8. The van der Waals surface area contributed by atoms with Crippen LogP contribution in [0.1, 0.15) is 61.1 Å². The second-order valence-corrected chi connectivity index (χ2v) is 18.3. The number of nitrogens with zero attached hydrogens (tertiary/aromatic N) is 5. The third kappa shape index (κ3) is 9.42. The summed E-state index contributed by atoms with van der Waals surface area (Å²) in [6.45, 7) is 4.68. The Morgan fingerprint density at radius 2 is 1.62 bits per heavy atom. The molecule has 0 bridgehead atoms. The van der Waals surface area contributed by atoms with Crippen molar-refractivity contribution < 1.29 is 38.3 Å². The number of aliphatic hydroxyl groups excluding tert-OH is 1. The second-order valence-electron chi connectivity index (χ2n) is 17.1. The highest BCUT2D eigenvalue weighted by Crippen LogP contribution is 2.57. The normalized spacial score (nSPS) is 20.4. The Morgan fingerprint density at radius 3 is 2.34 bits per heavy atom. The van der Waals surface area contributed by atoms with Gasteiger partial charge < -0.3 is 38.1 Å². The molecule has 0 unspecified atom stereocenters. The van der Waals surface area contributed by atoms with E-state index in [9.17, 15) is 9.90 Å². The zero-order valence-electron chi connectivity index (χ0n) is 36.4. The maximum Gasteiger partial charge on any atom is 0.416 e. The number of anilines is 1. The van der Waals surface area contributed by atoms with E-state index in [-0.39, 0.29) is 32.2 Å². The van der Waals surface area contributed by atoms with Crippen molar-refractivity contribution in [2.75, 3.05) is 25.7 Å². The molecule has 1 saturated carbocycles. The van der Waals surface area contributed by atoms with Crippen LogP contribution in [0.4, 0.5) is 10.6 Å². The van der Waals surface area contributed by atoms with Crippen LogP contribution in [0.5, 0.6) is 11.5 Å². The molecule has 7 aromatic rings. The number of fused-ring (bicyclic) bond motifs is 3. The number of benzene rings is 4. The molecule has 1 amide bonds. The van der Waals surface area contributed by atoms with E-state index in [4.69, 9.17) is 45.0 Å². The Labute approximate surface area is 390 Å². The molecule has 2 fully saturated rings. The first-order valence-corrected chi connectivity index (χ1v) is 22.5. The number of rotatable bonds is 15. The summed E-state index contributed by atoms with van der Waals surface area (Å²) in [6, 6.07) is 34.1. The van der Waals surface area contributed by atoms with E-state index >= 15 is 0 Å². The third-order valence-corrected chi connectivity index (χ3v) is 13.2. The van der Waals surface area contributed by atoms with Crippen molar-refractivity contribution in [1.82, 2.24) is 19.5 Å². The molecule has 9 rings (SSSR count). The number of pyridine rings is 1. The molecule has 336 valence electrons. The Bertz CT molecular complexity index is 2790. The highest BCUT2D eigenvalue weighted by atomic mass is 79.9. The van der Waals surface area contributed by atoms with Crippen LogP contribution in [-0.4, -0.2) is 69.5 Å². The van der Waals surface area contributed by atoms with Gasteiger partial charge in [0.15, 0.2) is 11.6 Å². The van der Waals surface area contributed by atoms with Gasteiger partial charge in [-0.25, -0.2) is 19.7 Å². The van der Waals surface area contributed by atoms with Crippen LogP contribution < -0.4 is 14.4 Å². The highest BCUT2D eigenvalue weighted by molar-refractivity contribution is 9.10. The maximum absolute atomic E-state index is 14.0. The van der Waals surface area contributed by atoms with Gasteiger partial charge in [-0.3, -0.25) is 4.90 Å². The number of aromatic nitrogens is 4. The van der Waals surface area contributed by atoms with Crippen molar-refractivity contribution in [1.29, 1.82) is 0 Å². The molecule has 4 heterocycles. The van der Waals surface area contributed by atoms with E-state index < -0.39 is 35.6 Å². The summed E-state index contributed by atoms with van der Waals surface area (Å²) >= 11 is 10.2. The van der Waals surface area contributed by atoms with E-state index in [0.717, 1.165) is 33.2 Å². The Hall–Kier alpha value is -5.61. The van der Waals surface area contributed by atoms with Crippen molar-refractivity contribution in [3.8, 4) is 11.5 Å². The van der Waals surface area contributed by atoms with Gasteiger partial charge in [0.25, 0.3) is 0 Å². The number of aliphatic hydroxyl groups is 1. The summed E-state index contributed by atoms with van der Waals surface area (Å²) in [5, 5.41) is 14.4. The van der Waals surface area contributed by atoms with Gasteiger partial charge in [-0.1, -0.05) is 78.3 Å². The number of hydrogen-bond donors (Lipinski definition) is 1. The molecule has 1 aliphatic heterocycles. The lowest BCUT2D eigenvalue weighted by molar-refractivity contribution is -0.178. The van der Waals surface area contributed by atoms with Crippen LogP contribution in [0.3, 0.4) is 0 Å². The molecule has 2 aliphatic rings. The Kier molecular flexibility index (Phi) is 12.8. The summed E-state index contributed by atoms with van der Waals surface area (Å²) in [5.41, 5.74) is 3.85. The molecule has 0 radical (unpaired) electrons. The SMILES string of the molecule is COc1ccc(COC[C@]2(C[C@@H](O)c3ccc4cc(Br)c(N(Cc5ccc(OC)cc5)C(=O)OCc5ccccc5)nc4c3)C[C@@H](n3ccc4c(Cl)ncnc43)[C@@H]3OC(C)(C)O[C@@H]32)cc1. The lowest BCUT2D eigenvalue weighted by Crippen LogP contribution is -2.41. The minimum absolute atomic E-state index is 0.0859. The average molecular weight is 963 g/mol. The summed E-state index contributed by atoms with van der Waals surface area (Å²) in [7, 11) is 3.25. The summed E-state index contributed by atoms with van der Waals surface area (Å²) < 4.78 is 39.4. The van der Waals surface area contributed by atoms with Crippen LogP contribution in [0, 0.1) is 5.41 Å². The van der Waals surface area contributed by atoms with Crippen LogP contribution >= 0.6 is 27.5 Å². The van der Waals surface area contributed by atoms with E-state index in [2.05, 4.69) is 30.5 Å². The van der Waals surface area contributed by atoms with Gasteiger partial charge in [-0.05, 0) is 107 Å². The molecule has 5 atom stereocenters. The summed E-state index contributed by atoms with van der Waals surface area (Å²) in [6.07, 6.45) is 1.83. The van der Waals surface area contributed by atoms with Crippen LogP contribution in [-0.2, 0) is 38.7 Å². The number of ether oxygens (including phenoxy) is 6. The zero-order chi connectivity index (χ0) is 45.3. The second kappa shape index (κ2) is 18.7. The van der Waals surface area contributed by atoms with Gasteiger partial charge >= 0.3 is 6.09 Å². The van der Waals surface area contributed by atoms with Gasteiger partial charge in [0.05, 0.1) is 67.6 Å². The lowest BCUT2D eigenvalue weighted by Gasteiger charge is -2.37. The topological polar surface area (TPSA) is 140 Å². The number of amides is 1. The highest BCUT2D eigenvalue weighted by Gasteiger charge is 2.62. The minimum Gasteiger partial charge on any atom is -0.497 e. The van der Waals surface area contributed by atoms with Gasteiger partial charge in [0, 0.05) is 17.0 Å². The average Bonchev–Trinajstić information content (AvgIpc) is 3.98. The van der Waals surface area contributed by atoms with Crippen molar-refractivity contribution in [2.45, 2.75) is 76.6 Å². The maximum atomic E-state index is 14.0. The fourth-order valence-electron chi connectivity index (χ4n) is 9.13. The number of carbonyl (C=O) groups excluding carboxylic acids is 1. The smallest absolute Gasteiger partial charge is 0.416 e. The third-order valence-electron chi connectivity index (χ3n) is 12.3. The minimum atomic E-state index is -0.978. The fraction of sp³-hybridized carbons (Fsp3) is 0.320. The molecule has 1 N–H and O–H groups in total. The molecule has 3 aromatic heterocycles. The molecule has 0 spiro atoms. The van der Waals surface area contributed by atoms with Gasteiger partial charge in [-0.2, -0.15) is 0 Å². The monoisotopic (exact) mass is 961 g/mol. The van der Waals surface area contributed by atoms with Gasteiger partial charge in [0.2, 0.25) is 0 Å². The molecular weight excluding hydrogens is 914 g/mol. The van der Waals surface area contributed by atoms with E-state index in [1.807, 2.05) is 129 Å². The summed E-state index contributed by atoms with van der Waals surface area (Å²) in [4.78, 5) is 29.4. The first kappa shape index (κ1) is 44.6. The molecule has 4 aromatic carbocycles. The largest absolute Gasteiger partial charge is 0.497 e. The van der Waals surface area contributed by atoms with Crippen molar-refractivity contribution in [3.63, 3.8) is 0 Å². The predicted molar refractivity (Wildman–Crippen MR) is 250 cm³/mol. The van der Waals surface area contributed by atoms with Gasteiger partial charge in [0.1, 0.15) is 41.3 Å². The molecule has 1 aliphatic carbocycles. The fourth-order valence-corrected chi connectivity index (χ4v) is 9.88. The summed E-state index contributed by atoms with van der Waals surface area (Å²) in [5.74, 6) is 0.913. The predicted octanol–water partition coefficient (Wildman–Crippen LogP) is 10.5. The Balaban J connectivity index is 1.05. The first-order valence-electron chi connectivity index (χ1n) is 21.4. The number of halogens is 2. The van der Waals surface area contributed by atoms with Gasteiger partial charge in [-0.15, -0.1) is 0 Å².